The number of fused-ring (bicyclic) bond motifs is 1. The fourth-order valence-electron chi connectivity index (χ4n) is 6.08. The molecular formula is C53H60N2O14S2. The third-order valence-corrected chi connectivity index (χ3v) is 11.0. The van der Waals surface area contributed by atoms with E-state index in [4.69, 9.17) is 37.9 Å². The summed E-state index contributed by atoms with van der Waals surface area (Å²) in [6.45, 7) is 3.49. The van der Waals surface area contributed by atoms with E-state index >= 15 is 0 Å². The van der Waals surface area contributed by atoms with E-state index in [2.05, 4.69) is 9.97 Å². The minimum atomic E-state index is -0.516. The van der Waals surface area contributed by atoms with Gasteiger partial charge in [0.15, 0.2) is 34.6 Å². The molecule has 1 N–H and O–H groups in total. The molecule has 2 aromatic heterocycles. The van der Waals surface area contributed by atoms with E-state index in [1.807, 2.05) is 18.2 Å². The van der Waals surface area contributed by atoms with Crippen LogP contribution in [0, 0.1) is 0 Å². The van der Waals surface area contributed by atoms with Crippen molar-refractivity contribution in [3.63, 3.8) is 0 Å². The van der Waals surface area contributed by atoms with Crippen LogP contribution in [0.3, 0.4) is 0 Å². The van der Waals surface area contributed by atoms with Gasteiger partial charge in [0.25, 0.3) is 0 Å². The Kier molecular flexibility index (Phi) is 25.9. The third-order valence-electron chi connectivity index (χ3n) is 9.38. The lowest BCUT2D eigenvalue weighted by Gasteiger charge is -2.13. The number of thioether (sulfide) groups is 2. The molecule has 0 unspecified atom stereocenters. The van der Waals surface area contributed by atoms with Gasteiger partial charge >= 0.3 is 11.9 Å². The first-order chi connectivity index (χ1) is 33.3. The number of carbonyl (C=O) groups is 6. The van der Waals surface area contributed by atoms with Gasteiger partial charge in [-0.3, -0.25) is 28.8 Å². The molecule has 16 nitrogen and oxygen atoms in total. The highest BCUT2D eigenvalue weighted by molar-refractivity contribution is 8.14. The number of pyridine rings is 1. The summed E-state index contributed by atoms with van der Waals surface area (Å²) in [7, 11) is 8.92. The van der Waals surface area contributed by atoms with E-state index in [9.17, 15) is 28.8 Å². The Morgan fingerprint density at radius 3 is 1.52 bits per heavy atom. The van der Waals surface area contributed by atoms with Gasteiger partial charge in [0.05, 0.1) is 65.6 Å². The summed E-state index contributed by atoms with van der Waals surface area (Å²) < 4.78 is 42.2. The van der Waals surface area contributed by atoms with Gasteiger partial charge in [0.2, 0.25) is 21.7 Å². The van der Waals surface area contributed by atoms with Gasteiger partial charge in [-0.1, -0.05) is 62.7 Å². The first-order valence-corrected chi connectivity index (χ1v) is 22.8. The van der Waals surface area contributed by atoms with E-state index in [-0.39, 0.29) is 61.4 Å². The zero-order valence-electron chi connectivity index (χ0n) is 39.3. The molecule has 71 heavy (non-hydrogen) atoms. The molecule has 5 aromatic rings. The van der Waals surface area contributed by atoms with Crippen LogP contribution < -0.4 is 28.4 Å². The summed E-state index contributed by atoms with van der Waals surface area (Å²) in [5, 5.41) is 0.465. The maximum atomic E-state index is 12.9. The number of nitrogens with zero attached hydrogens (tertiary/aromatic N) is 1. The van der Waals surface area contributed by atoms with Crippen molar-refractivity contribution >= 4 is 80.3 Å². The number of esters is 2. The van der Waals surface area contributed by atoms with Crippen LogP contribution in [0.15, 0.2) is 103 Å². The predicted molar refractivity (Wildman–Crippen MR) is 279 cm³/mol. The summed E-state index contributed by atoms with van der Waals surface area (Å²) >= 11 is 1.76. The second-order valence-corrected chi connectivity index (χ2v) is 15.9. The van der Waals surface area contributed by atoms with Crippen molar-refractivity contribution in [1.82, 2.24) is 9.97 Å². The Morgan fingerprint density at radius 1 is 0.577 bits per heavy atom. The molecule has 0 aliphatic heterocycles. The Hall–Kier alpha value is -7.57. The predicted octanol–water partition coefficient (Wildman–Crippen LogP) is 10.1. The lowest BCUT2D eigenvalue weighted by Crippen LogP contribution is -2.09. The second-order valence-electron chi connectivity index (χ2n) is 13.9. The lowest BCUT2D eigenvalue weighted by molar-refractivity contribution is -0.142. The Balaban J connectivity index is 0.000000475. The average Bonchev–Trinajstić information content (AvgIpc) is 3.78. The number of H-pyrrole nitrogens is 1. The normalized spacial score (nSPS) is 10.8. The number of aromatic nitrogens is 2. The van der Waals surface area contributed by atoms with Gasteiger partial charge < -0.3 is 42.9 Å². The molecule has 0 aliphatic carbocycles. The van der Waals surface area contributed by atoms with Crippen molar-refractivity contribution in [2.75, 3.05) is 54.2 Å². The van der Waals surface area contributed by atoms with Crippen molar-refractivity contribution in [2.45, 2.75) is 41.9 Å². The molecular weight excluding hydrogens is 953 g/mol. The van der Waals surface area contributed by atoms with Crippen molar-refractivity contribution in [1.29, 1.82) is 0 Å². The largest absolute Gasteiger partial charge is 0.493 e. The van der Waals surface area contributed by atoms with Gasteiger partial charge in [0, 0.05) is 28.2 Å². The number of nitrogens with one attached hydrogen (secondary N) is 1. The Morgan fingerprint density at radius 2 is 1.06 bits per heavy atom. The van der Waals surface area contributed by atoms with Crippen LogP contribution in [0.4, 0.5) is 0 Å². The van der Waals surface area contributed by atoms with E-state index in [0.717, 1.165) is 45.6 Å². The average molecular weight is 1010 g/mol. The zero-order valence-corrected chi connectivity index (χ0v) is 40.9. The fourth-order valence-corrected chi connectivity index (χ4v) is 7.24. The first kappa shape index (κ1) is 59.6. The van der Waals surface area contributed by atoms with Crippen molar-refractivity contribution in [3.05, 3.63) is 137 Å². The van der Waals surface area contributed by atoms with Crippen LogP contribution >= 0.6 is 23.5 Å². The van der Waals surface area contributed by atoms with Gasteiger partial charge in [-0.05, 0) is 110 Å². The van der Waals surface area contributed by atoms with Gasteiger partial charge in [-0.25, -0.2) is 4.98 Å². The number of carbonyl (C=O) groups excluding carboxylic acids is 6. The number of ketones is 2. The highest BCUT2D eigenvalue weighted by Gasteiger charge is 2.18. The maximum absolute atomic E-state index is 12.9. The van der Waals surface area contributed by atoms with Gasteiger partial charge in [-0.15, -0.1) is 0 Å². The number of hydrogen-bond acceptors (Lipinski definition) is 17. The quantitative estimate of drug-likeness (QED) is 0.0389. The fraction of sp³-hybridized carbons (Fsp3) is 0.264. The Bertz CT molecular complexity index is 2710. The zero-order chi connectivity index (χ0) is 50.3. The van der Waals surface area contributed by atoms with Crippen molar-refractivity contribution in [2.24, 2.45) is 0 Å². The second kappa shape index (κ2) is 30.8. The van der Waals surface area contributed by atoms with E-state index in [1.54, 1.807) is 86.8 Å². The monoisotopic (exact) mass is 1010 g/mol. The minimum absolute atomic E-state index is 0. The van der Waals surface area contributed by atoms with Crippen molar-refractivity contribution < 1.29 is 66.7 Å². The number of methoxy groups -OCH3 is 6. The summed E-state index contributed by atoms with van der Waals surface area (Å²) in [6, 6.07) is 17.1. The van der Waals surface area contributed by atoms with E-state index in [1.165, 1.54) is 67.0 Å². The molecule has 0 saturated carbocycles. The van der Waals surface area contributed by atoms with Crippen LogP contribution in [0.25, 0.3) is 23.1 Å². The van der Waals surface area contributed by atoms with Crippen molar-refractivity contribution in [3.8, 4) is 34.5 Å². The molecule has 0 saturated heterocycles. The van der Waals surface area contributed by atoms with Gasteiger partial charge in [-0.2, -0.15) is 0 Å². The van der Waals surface area contributed by atoms with Crippen LogP contribution in [-0.2, 0) is 41.9 Å². The molecule has 0 aliphatic rings. The number of benzene rings is 3. The maximum Gasteiger partial charge on any atom is 0.316 e. The summed E-state index contributed by atoms with van der Waals surface area (Å²) in [5.41, 5.74) is 4.22. The molecule has 3 aromatic carbocycles. The van der Waals surface area contributed by atoms with Crippen LogP contribution in [-0.4, -0.2) is 97.9 Å². The van der Waals surface area contributed by atoms with Gasteiger partial charge in [0.1, 0.15) is 13.2 Å². The minimum Gasteiger partial charge on any atom is -0.493 e. The van der Waals surface area contributed by atoms with Crippen LogP contribution in [0.5, 0.6) is 34.5 Å². The molecule has 0 spiro atoms. The number of allylic oxidation sites excluding steroid dienone is 4. The number of rotatable bonds is 22. The molecule has 18 heteroatoms. The smallest absolute Gasteiger partial charge is 0.316 e. The molecule has 0 amide bonds. The number of hydrogen-bond donors (Lipinski definition) is 1. The number of aromatic amines is 1. The molecule has 0 atom stereocenters. The molecule has 5 rings (SSSR count). The number of ether oxygens (including phenoxy) is 8. The summed E-state index contributed by atoms with van der Waals surface area (Å²) in [5.74, 6) is 0.716. The third kappa shape index (κ3) is 18.0. The van der Waals surface area contributed by atoms with Crippen LogP contribution in [0.1, 0.15) is 71.9 Å². The molecule has 0 radical (unpaired) electrons. The standard InChI is InChI=1S/C27H27NO7S.C24H25NO7S.2CH4/c1-5-6-26(31)36-16-25(30)35-15-17-7-9-21-20(11-17)18(14-28-21)8-10-22(29)19-12-23(32-2)27(34-4)24(13-19)33-3;1-5-7-23(28)33-15-22(27)32-14-18-9-6-8-17(25-18)10-11-19(26)16-12-20(29-2)24(31-4)21(13-16)30-3;;/h5-14,28H,15-16H2,1-4H3;5-13H,14-15H2,1-4H3;2*1H4/b6-5+,10-8+;7-5+,11-10+;;. The molecule has 0 bridgehead atoms. The van der Waals surface area contributed by atoms with E-state index in [0.29, 0.717) is 57.0 Å². The molecule has 2 heterocycles. The summed E-state index contributed by atoms with van der Waals surface area (Å²) in [4.78, 5) is 79.7. The summed E-state index contributed by atoms with van der Waals surface area (Å²) in [6.07, 6.45) is 13.9. The lowest BCUT2D eigenvalue weighted by atomic mass is 10.1. The molecule has 0 fully saturated rings. The van der Waals surface area contributed by atoms with E-state index < -0.39 is 11.9 Å². The highest BCUT2D eigenvalue weighted by atomic mass is 32.2. The first-order valence-electron chi connectivity index (χ1n) is 20.8. The van der Waals surface area contributed by atoms with Crippen LogP contribution in [0.2, 0.25) is 0 Å². The highest BCUT2D eigenvalue weighted by Crippen LogP contribution is 2.39. The molecule has 378 valence electrons. The SMILES string of the molecule is C.C.C/C=C/C(=O)SCC(=O)OCc1ccc2[nH]cc(/C=C/C(=O)c3cc(OC)c(OC)c(OC)c3)c2c1.C/C=C/C(=O)SCC(=O)OCc1cccc(/C=C/C(=O)c2cc(OC)c(OC)c(OC)c2)n1. The Labute approximate surface area is 422 Å². The topological polar surface area (TPSA) is 205 Å².